The summed E-state index contributed by atoms with van der Waals surface area (Å²) in [6.07, 6.45) is 61.7. The molecule has 0 aromatic heterocycles. The lowest BCUT2D eigenvalue weighted by Gasteiger charge is -2.27. The lowest BCUT2D eigenvalue weighted by Crippen LogP contribution is -2.53. The Kier molecular flexibility index (Phi) is 47.9. The molecule has 5 N–H and O–H groups in total. The van der Waals surface area contributed by atoms with Gasteiger partial charge in [-0.25, -0.2) is 0 Å². The molecule has 0 spiro atoms. The highest BCUT2D eigenvalue weighted by Gasteiger charge is 2.28. The van der Waals surface area contributed by atoms with Crippen LogP contribution in [-0.2, 0) is 4.79 Å². The molecule has 0 aliphatic heterocycles. The highest BCUT2D eigenvalue weighted by atomic mass is 16.3. The van der Waals surface area contributed by atoms with Gasteiger partial charge in [0.2, 0.25) is 5.91 Å². The second-order valence-corrected chi connectivity index (χ2v) is 18.2. The van der Waals surface area contributed by atoms with Gasteiger partial charge in [-0.1, -0.05) is 236 Å². The van der Waals surface area contributed by atoms with E-state index in [0.717, 1.165) is 51.4 Å². The van der Waals surface area contributed by atoms with E-state index in [9.17, 15) is 25.2 Å². The number of aliphatic hydroxyl groups excluding tert-OH is 4. The first-order chi connectivity index (χ1) is 30.0. The Bertz CT molecular complexity index is 1010. The van der Waals surface area contributed by atoms with Crippen molar-refractivity contribution in [2.24, 2.45) is 0 Å². The third-order valence-corrected chi connectivity index (χ3v) is 12.3. The van der Waals surface area contributed by atoms with Gasteiger partial charge >= 0.3 is 0 Å². The zero-order valence-corrected chi connectivity index (χ0v) is 40.4. The van der Waals surface area contributed by atoms with Gasteiger partial charge in [-0.3, -0.25) is 4.79 Å². The van der Waals surface area contributed by atoms with Crippen LogP contribution in [0.15, 0.2) is 48.6 Å². The fraction of sp³-hybridized carbons (Fsp3) is 0.836. The molecule has 0 aliphatic rings. The second-order valence-electron chi connectivity index (χ2n) is 18.2. The number of rotatable bonds is 48. The SMILES string of the molecule is CC/C=C\C/C=C\CCCCCCCCCCCCCCCC(O)C(=O)NC(CO)C(O)C(O)CCC/C=C/CC/C=C/CCCCCCCCCCCCCCCCCC. The zero-order valence-electron chi connectivity index (χ0n) is 40.4. The van der Waals surface area contributed by atoms with Crippen LogP contribution in [0, 0.1) is 0 Å². The molecule has 0 rings (SSSR count). The molecule has 6 nitrogen and oxygen atoms in total. The highest BCUT2D eigenvalue weighted by molar-refractivity contribution is 5.80. The van der Waals surface area contributed by atoms with E-state index in [1.54, 1.807) is 0 Å². The zero-order chi connectivity index (χ0) is 44.5. The Balaban J connectivity index is 3.71. The number of hydrogen-bond donors (Lipinski definition) is 5. The number of hydrogen-bond acceptors (Lipinski definition) is 5. The Hall–Kier alpha value is -1.73. The summed E-state index contributed by atoms with van der Waals surface area (Å²) in [5, 5.41) is 43.9. The summed E-state index contributed by atoms with van der Waals surface area (Å²) in [5.41, 5.74) is 0. The van der Waals surface area contributed by atoms with Crippen LogP contribution in [0.5, 0.6) is 0 Å². The maximum absolute atomic E-state index is 12.6. The van der Waals surface area contributed by atoms with Gasteiger partial charge in [-0.2, -0.15) is 0 Å². The van der Waals surface area contributed by atoms with E-state index >= 15 is 0 Å². The van der Waals surface area contributed by atoms with Crippen LogP contribution in [-0.4, -0.2) is 57.3 Å². The molecule has 0 aromatic carbocycles. The quantitative estimate of drug-likeness (QED) is 0.0309. The van der Waals surface area contributed by atoms with E-state index in [-0.39, 0.29) is 0 Å². The molecule has 61 heavy (non-hydrogen) atoms. The molecule has 0 saturated heterocycles. The molecule has 4 atom stereocenters. The first-order valence-corrected chi connectivity index (χ1v) is 26.5. The summed E-state index contributed by atoms with van der Waals surface area (Å²) in [6, 6.07) is -1.01. The third kappa shape index (κ3) is 43.3. The summed E-state index contributed by atoms with van der Waals surface area (Å²) in [7, 11) is 0. The number of carbonyl (C=O) groups excluding carboxylic acids is 1. The van der Waals surface area contributed by atoms with Crippen molar-refractivity contribution in [1.82, 2.24) is 5.32 Å². The predicted molar refractivity (Wildman–Crippen MR) is 265 cm³/mol. The fourth-order valence-electron chi connectivity index (χ4n) is 8.11. The monoisotopic (exact) mass is 858 g/mol. The van der Waals surface area contributed by atoms with Crippen LogP contribution in [0.4, 0.5) is 0 Å². The molecule has 0 heterocycles. The van der Waals surface area contributed by atoms with E-state index in [4.69, 9.17) is 0 Å². The smallest absolute Gasteiger partial charge is 0.249 e. The summed E-state index contributed by atoms with van der Waals surface area (Å²) >= 11 is 0. The number of nitrogens with one attached hydrogen (secondary N) is 1. The summed E-state index contributed by atoms with van der Waals surface area (Å²) in [5.74, 6) is -0.598. The van der Waals surface area contributed by atoms with Crippen molar-refractivity contribution in [1.29, 1.82) is 0 Å². The molecule has 6 heteroatoms. The number of allylic oxidation sites excluding steroid dienone is 8. The van der Waals surface area contributed by atoms with Gasteiger partial charge in [0.25, 0.3) is 0 Å². The van der Waals surface area contributed by atoms with Crippen molar-refractivity contribution < 1.29 is 25.2 Å². The van der Waals surface area contributed by atoms with E-state index in [1.807, 2.05) is 0 Å². The molecule has 358 valence electrons. The van der Waals surface area contributed by atoms with Crippen LogP contribution in [0.2, 0.25) is 0 Å². The summed E-state index contributed by atoms with van der Waals surface area (Å²) in [4.78, 5) is 12.6. The fourth-order valence-corrected chi connectivity index (χ4v) is 8.11. The minimum absolute atomic E-state index is 0.358. The average molecular weight is 858 g/mol. The van der Waals surface area contributed by atoms with Crippen molar-refractivity contribution >= 4 is 5.91 Å². The Morgan fingerprint density at radius 3 is 1.21 bits per heavy atom. The number of aliphatic hydroxyl groups is 4. The first-order valence-electron chi connectivity index (χ1n) is 26.5. The van der Waals surface area contributed by atoms with Crippen LogP contribution in [0.3, 0.4) is 0 Å². The minimum atomic E-state index is -1.29. The molecule has 4 unspecified atom stereocenters. The van der Waals surface area contributed by atoms with Crippen molar-refractivity contribution in [3.8, 4) is 0 Å². The molecule has 0 aromatic rings. The number of unbranched alkanes of at least 4 members (excludes halogenated alkanes) is 31. The maximum atomic E-state index is 12.6. The molecule has 1 amide bonds. The molecular weight excluding hydrogens is 755 g/mol. The van der Waals surface area contributed by atoms with Crippen molar-refractivity contribution in [3.05, 3.63) is 48.6 Å². The van der Waals surface area contributed by atoms with Gasteiger partial charge in [-0.05, 0) is 77.0 Å². The van der Waals surface area contributed by atoms with E-state index in [2.05, 4.69) is 67.8 Å². The van der Waals surface area contributed by atoms with Crippen LogP contribution in [0.25, 0.3) is 0 Å². The largest absolute Gasteiger partial charge is 0.394 e. The van der Waals surface area contributed by atoms with E-state index in [0.29, 0.717) is 19.3 Å². The summed E-state index contributed by atoms with van der Waals surface area (Å²) in [6.45, 7) is 3.96. The maximum Gasteiger partial charge on any atom is 0.249 e. The van der Waals surface area contributed by atoms with Crippen LogP contribution in [0.1, 0.15) is 264 Å². The Morgan fingerprint density at radius 1 is 0.426 bits per heavy atom. The number of carbonyl (C=O) groups is 1. The predicted octanol–water partition coefficient (Wildman–Crippen LogP) is 15.0. The normalized spacial score (nSPS) is 14.3. The molecule has 0 radical (unpaired) electrons. The van der Waals surface area contributed by atoms with Crippen LogP contribution < -0.4 is 5.32 Å². The van der Waals surface area contributed by atoms with Gasteiger partial charge in [0.05, 0.1) is 18.8 Å². The van der Waals surface area contributed by atoms with Crippen LogP contribution >= 0.6 is 0 Å². The molecule has 0 aliphatic carbocycles. The van der Waals surface area contributed by atoms with Crippen molar-refractivity contribution in [3.63, 3.8) is 0 Å². The van der Waals surface area contributed by atoms with Crippen molar-refractivity contribution in [2.45, 2.75) is 289 Å². The van der Waals surface area contributed by atoms with E-state index in [1.165, 1.54) is 180 Å². The average Bonchev–Trinajstić information content (AvgIpc) is 3.26. The lowest BCUT2D eigenvalue weighted by molar-refractivity contribution is -0.132. The summed E-state index contributed by atoms with van der Waals surface area (Å²) < 4.78 is 0. The van der Waals surface area contributed by atoms with Crippen molar-refractivity contribution in [2.75, 3.05) is 6.61 Å². The first kappa shape index (κ1) is 59.3. The molecule has 0 fully saturated rings. The lowest BCUT2D eigenvalue weighted by atomic mass is 10.00. The number of amides is 1. The van der Waals surface area contributed by atoms with Gasteiger partial charge in [0, 0.05) is 0 Å². The van der Waals surface area contributed by atoms with Gasteiger partial charge in [0.1, 0.15) is 12.2 Å². The minimum Gasteiger partial charge on any atom is -0.394 e. The second kappa shape index (κ2) is 49.3. The molecule has 0 bridgehead atoms. The highest BCUT2D eigenvalue weighted by Crippen LogP contribution is 2.17. The van der Waals surface area contributed by atoms with E-state index < -0.39 is 36.9 Å². The van der Waals surface area contributed by atoms with Gasteiger partial charge in [-0.15, -0.1) is 0 Å². The third-order valence-electron chi connectivity index (χ3n) is 12.3. The van der Waals surface area contributed by atoms with Gasteiger partial charge in [0.15, 0.2) is 0 Å². The standard InChI is InChI=1S/C55H103NO5/c1-3-5-7-9-11-13-15-17-19-21-23-25-26-27-28-29-31-32-34-36-38-40-42-44-46-48-52(58)54(60)51(50-57)56-55(61)53(59)49-47-45-43-41-39-37-35-33-30-24-22-20-18-16-14-12-10-8-6-4-2/h6,8,12,14,32,34,40,42,51-54,57-60H,3-5,7,9-11,13,15-31,33,35-39,41,43-50H2,1-2H3,(H,56,61)/b8-6-,14-12-,34-32+,42-40+. The topological polar surface area (TPSA) is 110 Å². The molecular formula is C55H103NO5. The van der Waals surface area contributed by atoms with Gasteiger partial charge < -0.3 is 25.7 Å². The Morgan fingerprint density at radius 2 is 0.787 bits per heavy atom. The molecule has 0 saturated carbocycles. The Labute approximate surface area is 379 Å².